The van der Waals surface area contributed by atoms with E-state index in [1.165, 1.54) is 16.7 Å². The van der Waals surface area contributed by atoms with Crippen molar-refractivity contribution in [1.82, 2.24) is 4.98 Å². The Hall–Kier alpha value is -1.91. The second kappa shape index (κ2) is 8.97. The third-order valence-electron chi connectivity index (χ3n) is 2.72. The summed E-state index contributed by atoms with van der Waals surface area (Å²) in [5, 5.41) is 4.43. The van der Waals surface area contributed by atoms with Crippen LogP contribution in [0.5, 0.6) is 5.75 Å². The maximum Gasteiger partial charge on any atom is 0.422 e. The molecule has 0 bridgehead atoms. The third-order valence-corrected chi connectivity index (χ3v) is 3.63. The van der Waals surface area contributed by atoms with Gasteiger partial charge in [0.25, 0.3) is 5.91 Å². The molecule has 3 N–H and O–H groups in total. The first kappa shape index (κ1) is 21.1. The van der Waals surface area contributed by atoms with Crippen molar-refractivity contribution in [2.45, 2.75) is 12.6 Å². The number of nitrogens with zero attached hydrogens (tertiary/aromatic N) is 1. The molecule has 1 aromatic heterocycles. The van der Waals surface area contributed by atoms with Gasteiger partial charge in [-0.15, -0.1) is 23.7 Å². The van der Waals surface area contributed by atoms with Crippen molar-refractivity contribution in [2.75, 3.05) is 18.5 Å². The molecule has 0 saturated carbocycles. The molecule has 25 heavy (non-hydrogen) atoms. The zero-order chi connectivity index (χ0) is 17.7. The van der Waals surface area contributed by atoms with Gasteiger partial charge in [0.05, 0.1) is 10.7 Å². The Bertz CT molecular complexity index is 724. The van der Waals surface area contributed by atoms with Gasteiger partial charge in [0.1, 0.15) is 17.3 Å². The Balaban J connectivity index is 0.00000312. The average molecular weight is 400 g/mol. The summed E-state index contributed by atoms with van der Waals surface area (Å²) in [5.74, 6) is -1.71. The molecule has 1 aromatic carbocycles. The summed E-state index contributed by atoms with van der Waals surface area (Å²) in [4.78, 5) is 16.1. The van der Waals surface area contributed by atoms with E-state index in [1.54, 1.807) is 0 Å². The van der Waals surface area contributed by atoms with Gasteiger partial charge in [0.2, 0.25) is 0 Å². The Morgan fingerprint density at radius 1 is 1.36 bits per heavy atom. The normalized spacial score (nSPS) is 10.9. The number of hydrogen-bond acceptors (Lipinski definition) is 5. The molecule has 5 nitrogen and oxygen atoms in total. The molecule has 2 aromatic rings. The molecule has 0 aliphatic carbocycles. The van der Waals surface area contributed by atoms with Crippen molar-refractivity contribution in [2.24, 2.45) is 5.73 Å². The zero-order valence-corrected chi connectivity index (χ0v) is 14.2. The minimum Gasteiger partial charge on any atom is -0.482 e. The number of benzene rings is 1. The van der Waals surface area contributed by atoms with Gasteiger partial charge >= 0.3 is 6.18 Å². The van der Waals surface area contributed by atoms with Crippen LogP contribution in [-0.2, 0) is 6.42 Å². The zero-order valence-electron chi connectivity index (χ0n) is 12.6. The predicted octanol–water partition coefficient (Wildman–Crippen LogP) is 3.40. The molecule has 1 amide bonds. The summed E-state index contributed by atoms with van der Waals surface area (Å²) in [6.45, 7) is -1.19. The van der Waals surface area contributed by atoms with E-state index in [0.717, 1.165) is 18.2 Å². The summed E-state index contributed by atoms with van der Waals surface area (Å²) in [7, 11) is 0. The van der Waals surface area contributed by atoms with Crippen LogP contribution < -0.4 is 15.8 Å². The van der Waals surface area contributed by atoms with Crippen molar-refractivity contribution in [3.63, 3.8) is 0 Å². The Morgan fingerprint density at radius 3 is 2.72 bits per heavy atom. The van der Waals surface area contributed by atoms with Gasteiger partial charge in [-0.25, -0.2) is 9.37 Å². The number of halogens is 5. The van der Waals surface area contributed by atoms with Gasteiger partial charge in [-0.05, 0) is 18.7 Å². The van der Waals surface area contributed by atoms with E-state index in [2.05, 4.69) is 15.0 Å². The van der Waals surface area contributed by atoms with Crippen LogP contribution in [-0.4, -0.2) is 30.2 Å². The molecule has 0 unspecified atom stereocenters. The van der Waals surface area contributed by atoms with Gasteiger partial charge < -0.3 is 15.8 Å². The minimum atomic E-state index is -4.55. The van der Waals surface area contributed by atoms with Gasteiger partial charge in [-0.3, -0.25) is 4.79 Å². The lowest BCUT2D eigenvalue weighted by Gasteiger charge is -2.13. The molecule has 0 atom stereocenters. The lowest BCUT2D eigenvalue weighted by molar-refractivity contribution is -0.153. The van der Waals surface area contributed by atoms with Crippen LogP contribution >= 0.6 is 23.7 Å². The first-order valence-corrected chi connectivity index (χ1v) is 7.61. The first-order chi connectivity index (χ1) is 11.3. The fraction of sp³-hybridized carbons (Fsp3) is 0.286. The van der Waals surface area contributed by atoms with Crippen LogP contribution in [0.1, 0.15) is 15.5 Å². The summed E-state index contributed by atoms with van der Waals surface area (Å²) in [6, 6.07) is 2.82. The molecule has 0 aliphatic rings. The molecule has 0 aliphatic heterocycles. The van der Waals surface area contributed by atoms with E-state index >= 15 is 0 Å². The highest BCUT2D eigenvalue weighted by atomic mass is 35.5. The number of hydrogen-bond donors (Lipinski definition) is 2. The van der Waals surface area contributed by atoms with Crippen molar-refractivity contribution < 1.29 is 27.1 Å². The van der Waals surface area contributed by atoms with Crippen LogP contribution in [0.15, 0.2) is 23.6 Å². The smallest absolute Gasteiger partial charge is 0.422 e. The van der Waals surface area contributed by atoms with E-state index in [4.69, 9.17) is 5.73 Å². The molecule has 1 heterocycles. The quantitative estimate of drug-likeness (QED) is 0.730. The minimum absolute atomic E-state index is 0. The van der Waals surface area contributed by atoms with Crippen molar-refractivity contribution in [3.8, 4) is 5.75 Å². The van der Waals surface area contributed by atoms with Gasteiger partial charge in [-0.1, -0.05) is 0 Å². The molecular formula is C14H14ClF4N3O2S. The number of alkyl halides is 3. The fourth-order valence-electron chi connectivity index (χ4n) is 1.73. The number of ether oxygens (including phenoxy) is 1. The lowest BCUT2D eigenvalue weighted by atomic mass is 10.2. The van der Waals surface area contributed by atoms with E-state index in [1.807, 2.05) is 0 Å². The van der Waals surface area contributed by atoms with E-state index in [9.17, 15) is 22.4 Å². The van der Waals surface area contributed by atoms with Crippen molar-refractivity contribution in [1.29, 1.82) is 0 Å². The second-order valence-corrected chi connectivity index (χ2v) is 5.61. The maximum absolute atomic E-state index is 13.3. The number of nitrogens with one attached hydrogen (secondary N) is 1. The molecular weight excluding hydrogens is 386 g/mol. The maximum atomic E-state index is 13.3. The van der Waals surface area contributed by atoms with E-state index in [0.29, 0.717) is 18.0 Å². The number of carbonyl (C=O) groups excluding carboxylic acids is 1. The predicted molar refractivity (Wildman–Crippen MR) is 88.0 cm³/mol. The Morgan fingerprint density at radius 2 is 2.08 bits per heavy atom. The third kappa shape index (κ3) is 6.48. The largest absolute Gasteiger partial charge is 0.482 e. The molecule has 0 fully saturated rings. The Labute approximate surface area is 150 Å². The highest BCUT2D eigenvalue weighted by Crippen LogP contribution is 2.28. The highest BCUT2D eigenvalue weighted by molar-refractivity contribution is 7.09. The number of rotatable bonds is 6. The molecule has 0 saturated heterocycles. The van der Waals surface area contributed by atoms with Crippen molar-refractivity contribution in [3.05, 3.63) is 40.1 Å². The number of anilines is 1. The van der Waals surface area contributed by atoms with E-state index in [-0.39, 0.29) is 29.5 Å². The molecule has 2 rings (SSSR count). The SMILES string of the molecule is Cl.NCCc1nc(C(=O)Nc2cc(F)ccc2OCC(F)(F)F)cs1. The van der Waals surface area contributed by atoms with Crippen LogP contribution in [0.25, 0.3) is 0 Å². The van der Waals surface area contributed by atoms with Gasteiger partial charge in [-0.2, -0.15) is 13.2 Å². The fourth-order valence-corrected chi connectivity index (χ4v) is 2.52. The van der Waals surface area contributed by atoms with E-state index < -0.39 is 24.5 Å². The van der Waals surface area contributed by atoms with Crippen LogP contribution in [0.2, 0.25) is 0 Å². The molecule has 0 spiro atoms. The molecule has 138 valence electrons. The molecule has 0 radical (unpaired) electrons. The van der Waals surface area contributed by atoms with Crippen LogP contribution in [0, 0.1) is 5.82 Å². The lowest BCUT2D eigenvalue weighted by Crippen LogP contribution is -2.20. The first-order valence-electron chi connectivity index (χ1n) is 6.73. The van der Waals surface area contributed by atoms with Crippen molar-refractivity contribution >= 4 is 35.3 Å². The number of nitrogens with two attached hydrogens (primary N) is 1. The standard InChI is InChI=1S/C14H13F4N3O2S.ClH/c15-8-1-2-11(23-7-14(16,17)18)9(5-8)21-13(22)10-6-24-12(20-10)3-4-19;/h1-2,5-6H,3-4,7,19H2,(H,21,22);1H. The summed E-state index contributed by atoms with van der Waals surface area (Å²) >= 11 is 1.23. The van der Waals surface area contributed by atoms with Crippen LogP contribution in [0.4, 0.5) is 23.2 Å². The van der Waals surface area contributed by atoms with Gasteiger partial charge in [0.15, 0.2) is 6.61 Å². The highest BCUT2D eigenvalue weighted by Gasteiger charge is 2.29. The summed E-state index contributed by atoms with van der Waals surface area (Å²) in [6.07, 6.45) is -4.06. The summed E-state index contributed by atoms with van der Waals surface area (Å²) in [5.41, 5.74) is 5.24. The average Bonchev–Trinajstić information content (AvgIpc) is 2.94. The number of thiazole rings is 1. The second-order valence-electron chi connectivity index (χ2n) is 4.66. The number of amides is 1. The topological polar surface area (TPSA) is 77.2 Å². The Kier molecular flexibility index (Phi) is 7.59. The number of carbonyl (C=O) groups is 1. The van der Waals surface area contributed by atoms with Crippen LogP contribution in [0.3, 0.4) is 0 Å². The summed E-state index contributed by atoms with van der Waals surface area (Å²) < 4.78 is 54.7. The van der Waals surface area contributed by atoms with Gasteiger partial charge in [0, 0.05) is 17.9 Å². The molecule has 11 heteroatoms. The number of aromatic nitrogens is 1. The monoisotopic (exact) mass is 399 g/mol.